The van der Waals surface area contributed by atoms with E-state index in [1.54, 1.807) is 14.2 Å². The van der Waals surface area contributed by atoms with Crippen LogP contribution in [0.2, 0.25) is 0 Å². The van der Waals surface area contributed by atoms with E-state index in [-0.39, 0.29) is 0 Å². The van der Waals surface area contributed by atoms with Gasteiger partial charge in [-0.2, -0.15) is 0 Å². The van der Waals surface area contributed by atoms with Crippen molar-refractivity contribution in [1.29, 1.82) is 0 Å². The highest BCUT2D eigenvalue weighted by molar-refractivity contribution is 7.83. The lowest BCUT2D eigenvalue weighted by molar-refractivity contribution is 0.272. The van der Waals surface area contributed by atoms with Gasteiger partial charge in [0.05, 0.1) is 19.1 Å². The van der Waals surface area contributed by atoms with Crippen molar-refractivity contribution in [1.82, 2.24) is 4.72 Å². The molecule has 158 valence electrons. The van der Waals surface area contributed by atoms with Crippen molar-refractivity contribution in [3.05, 3.63) is 83.4 Å². The summed E-state index contributed by atoms with van der Waals surface area (Å²) in [6, 6.07) is 21.4. The highest BCUT2D eigenvalue weighted by Gasteiger charge is 2.17. The van der Waals surface area contributed by atoms with Gasteiger partial charge in [-0.1, -0.05) is 54.1 Å². The van der Waals surface area contributed by atoms with Crippen LogP contribution in [0.5, 0.6) is 17.2 Å². The van der Waals surface area contributed by atoms with Gasteiger partial charge < -0.3 is 14.2 Å². The number of hydrogen-bond donors (Lipinski definition) is 1. The molecule has 30 heavy (non-hydrogen) atoms. The Labute approximate surface area is 180 Å². The van der Waals surface area contributed by atoms with Crippen molar-refractivity contribution in [3.63, 3.8) is 0 Å². The average Bonchev–Trinajstić information content (AvgIpc) is 2.78. The van der Waals surface area contributed by atoms with Crippen LogP contribution in [-0.4, -0.2) is 25.0 Å². The Kier molecular flexibility index (Phi) is 7.88. The van der Waals surface area contributed by atoms with E-state index in [4.69, 9.17) is 14.2 Å². The molecule has 0 unspecified atom stereocenters. The zero-order valence-corrected chi connectivity index (χ0v) is 18.3. The number of aryl methyl sites for hydroxylation is 1. The van der Waals surface area contributed by atoms with Crippen LogP contribution < -0.4 is 18.9 Å². The first-order valence-electron chi connectivity index (χ1n) is 9.75. The van der Waals surface area contributed by atoms with Crippen molar-refractivity contribution in [2.75, 3.05) is 20.8 Å². The zero-order chi connectivity index (χ0) is 21.3. The van der Waals surface area contributed by atoms with Crippen LogP contribution in [0.1, 0.15) is 16.7 Å². The smallest absolute Gasteiger partial charge is 0.203 e. The van der Waals surface area contributed by atoms with E-state index in [2.05, 4.69) is 4.72 Å². The van der Waals surface area contributed by atoms with Crippen LogP contribution in [0, 0.1) is 6.92 Å². The molecule has 3 rings (SSSR count). The molecule has 0 aliphatic heterocycles. The Morgan fingerprint density at radius 3 is 2.27 bits per heavy atom. The fraction of sp³-hybridized carbons (Fsp3) is 0.250. The maximum absolute atomic E-state index is 12.5. The van der Waals surface area contributed by atoms with Crippen molar-refractivity contribution >= 4 is 11.0 Å². The fourth-order valence-corrected chi connectivity index (χ4v) is 3.89. The van der Waals surface area contributed by atoms with E-state index >= 15 is 0 Å². The summed E-state index contributed by atoms with van der Waals surface area (Å²) in [5, 5.41) is 0. The molecule has 0 spiro atoms. The molecular weight excluding hydrogens is 398 g/mol. The summed E-state index contributed by atoms with van der Waals surface area (Å²) in [6.45, 7) is 2.95. The van der Waals surface area contributed by atoms with Gasteiger partial charge >= 0.3 is 0 Å². The van der Waals surface area contributed by atoms with Gasteiger partial charge in [0.15, 0.2) is 11.5 Å². The second-order valence-corrected chi connectivity index (χ2v) is 8.09. The normalized spacial score (nSPS) is 11.7. The van der Waals surface area contributed by atoms with Crippen molar-refractivity contribution in [3.8, 4) is 17.2 Å². The van der Waals surface area contributed by atoms with Crippen LogP contribution in [-0.2, 0) is 24.0 Å². The van der Waals surface area contributed by atoms with Gasteiger partial charge in [0.25, 0.3) is 0 Å². The molecule has 0 saturated heterocycles. The molecule has 3 aromatic rings. The summed E-state index contributed by atoms with van der Waals surface area (Å²) in [5.41, 5.74) is 3.16. The Balaban J connectivity index is 1.72. The SMILES string of the molecule is COc1ccc(CCN[S@](=O)c2ccc(C)cc2)c(OCc2ccccc2)c1OC. The molecule has 0 aliphatic carbocycles. The van der Waals surface area contributed by atoms with Crippen LogP contribution in [0.25, 0.3) is 0 Å². The number of benzene rings is 3. The second-order valence-electron chi connectivity index (χ2n) is 6.79. The predicted octanol–water partition coefficient (Wildman–Crippen LogP) is 4.45. The molecule has 1 N–H and O–H groups in total. The molecule has 6 heteroatoms. The van der Waals surface area contributed by atoms with E-state index in [0.29, 0.717) is 36.8 Å². The molecule has 0 fully saturated rings. The van der Waals surface area contributed by atoms with Crippen LogP contribution >= 0.6 is 0 Å². The Morgan fingerprint density at radius 2 is 1.60 bits per heavy atom. The summed E-state index contributed by atoms with van der Waals surface area (Å²) in [4.78, 5) is 0.758. The van der Waals surface area contributed by atoms with Crippen molar-refractivity contribution in [2.24, 2.45) is 0 Å². The lowest BCUT2D eigenvalue weighted by Gasteiger charge is -2.18. The lowest BCUT2D eigenvalue weighted by Crippen LogP contribution is -2.20. The molecule has 0 heterocycles. The van der Waals surface area contributed by atoms with Crippen LogP contribution in [0.4, 0.5) is 0 Å². The molecule has 3 aromatic carbocycles. The van der Waals surface area contributed by atoms with Gasteiger partial charge in [-0.15, -0.1) is 0 Å². The Morgan fingerprint density at radius 1 is 0.867 bits per heavy atom. The summed E-state index contributed by atoms with van der Waals surface area (Å²) >= 11 is 0. The highest BCUT2D eigenvalue weighted by atomic mass is 32.2. The van der Waals surface area contributed by atoms with E-state index in [1.807, 2.05) is 73.7 Å². The molecule has 5 nitrogen and oxygen atoms in total. The molecule has 0 radical (unpaired) electrons. The molecule has 1 atom stereocenters. The van der Waals surface area contributed by atoms with E-state index in [9.17, 15) is 4.21 Å². The minimum Gasteiger partial charge on any atom is -0.493 e. The standard InChI is InChI=1S/C24H27NO4S/c1-18-9-12-21(13-10-18)30(26)25-16-15-20-11-14-22(27-2)24(28-3)23(20)29-17-19-7-5-4-6-8-19/h4-14,25H,15-17H2,1-3H3/t30-/m1/s1. The largest absolute Gasteiger partial charge is 0.493 e. The fourth-order valence-electron chi connectivity index (χ4n) is 3.05. The Hall–Kier alpha value is -2.83. The number of methoxy groups -OCH3 is 2. The minimum absolute atomic E-state index is 0.417. The van der Waals surface area contributed by atoms with Gasteiger partial charge in [0.2, 0.25) is 5.75 Å². The summed E-state index contributed by atoms with van der Waals surface area (Å²) in [7, 11) is 1.94. The monoisotopic (exact) mass is 425 g/mol. The zero-order valence-electron chi connectivity index (χ0n) is 17.5. The van der Waals surface area contributed by atoms with E-state index in [1.165, 1.54) is 0 Å². The van der Waals surface area contributed by atoms with Crippen molar-refractivity contribution in [2.45, 2.75) is 24.8 Å². The Bertz CT molecular complexity index is 975. The first kappa shape index (κ1) is 21.9. The summed E-state index contributed by atoms with van der Waals surface area (Å²) in [6.07, 6.45) is 0.627. The van der Waals surface area contributed by atoms with Crippen LogP contribution in [0.3, 0.4) is 0 Å². The molecule has 0 aromatic heterocycles. The first-order chi connectivity index (χ1) is 14.6. The molecule has 0 saturated carbocycles. The number of rotatable bonds is 10. The van der Waals surface area contributed by atoms with Gasteiger partial charge in [0, 0.05) is 6.54 Å². The minimum atomic E-state index is -1.27. The van der Waals surface area contributed by atoms with E-state index < -0.39 is 11.0 Å². The summed E-state index contributed by atoms with van der Waals surface area (Å²) in [5.74, 6) is 1.81. The molecule has 0 bridgehead atoms. The average molecular weight is 426 g/mol. The topological polar surface area (TPSA) is 56.8 Å². The molecule has 0 amide bonds. The predicted molar refractivity (Wildman–Crippen MR) is 120 cm³/mol. The number of hydrogen-bond acceptors (Lipinski definition) is 4. The number of nitrogens with one attached hydrogen (secondary N) is 1. The third-order valence-corrected chi connectivity index (χ3v) is 5.84. The molecular formula is C24H27NO4S. The van der Waals surface area contributed by atoms with Crippen LogP contribution in [0.15, 0.2) is 71.6 Å². The lowest BCUT2D eigenvalue weighted by atomic mass is 10.1. The van der Waals surface area contributed by atoms with Gasteiger partial charge in [0.1, 0.15) is 17.6 Å². The van der Waals surface area contributed by atoms with Gasteiger partial charge in [-0.25, -0.2) is 8.93 Å². The van der Waals surface area contributed by atoms with Crippen molar-refractivity contribution < 1.29 is 18.4 Å². The maximum Gasteiger partial charge on any atom is 0.203 e. The van der Waals surface area contributed by atoms with Gasteiger partial charge in [-0.05, 0) is 42.7 Å². The second kappa shape index (κ2) is 10.8. The third kappa shape index (κ3) is 5.62. The highest BCUT2D eigenvalue weighted by Crippen LogP contribution is 2.40. The first-order valence-corrected chi connectivity index (χ1v) is 10.9. The van der Waals surface area contributed by atoms with Gasteiger partial charge in [-0.3, -0.25) is 0 Å². The third-order valence-electron chi connectivity index (χ3n) is 4.67. The quantitative estimate of drug-likeness (QED) is 0.522. The summed E-state index contributed by atoms with van der Waals surface area (Å²) < 4.78 is 32.7. The van der Waals surface area contributed by atoms with E-state index in [0.717, 1.165) is 21.6 Å². The number of ether oxygens (including phenoxy) is 3. The molecule has 0 aliphatic rings. The maximum atomic E-state index is 12.5.